The van der Waals surface area contributed by atoms with E-state index in [-0.39, 0.29) is 11.3 Å². The van der Waals surface area contributed by atoms with Crippen molar-refractivity contribution in [1.82, 2.24) is 25.0 Å². The van der Waals surface area contributed by atoms with Gasteiger partial charge in [0.15, 0.2) is 11.5 Å². The summed E-state index contributed by atoms with van der Waals surface area (Å²) in [7, 11) is 0. The van der Waals surface area contributed by atoms with Crippen molar-refractivity contribution in [1.29, 1.82) is 0 Å². The van der Waals surface area contributed by atoms with E-state index in [1.807, 2.05) is 13.0 Å². The molecule has 3 aliphatic heterocycles. The lowest BCUT2D eigenvalue weighted by atomic mass is 9.73. The topological polar surface area (TPSA) is 81.5 Å². The lowest BCUT2D eigenvalue weighted by Crippen LogP contribution is -2.44. The highest BCUT2D eigenvalue weighted by Gasteiger charge is 2.39. The maximum atomic E-state index is 12.5. The number of rotatable bonds is 5. The van der Waals surface area contributed by atoms with Gasteiger partial charge in [-0.25, -0.2) is 0 Å². The number of nitrogens with one attached hydrogen (secondary N) is 1. The van der Waals surface area contributed by atoms with Gasteiger partial charge in [-0.2, -0.15) is 0 Å². The molecule has 1 N–H and O–H groups in total. The fourth-order valence-corrected chi connectivity index (χ4v) is 4.85. The van der Waals surface area contributed by atoms with E-state index in [0.29, 0.717) is 19.2 Å². The fourth-order valence-electron chi connectivity index (χ4n) is 4.85. The molecular weight excluding hydrogens is 382 g/mol. The molecule has 0 atom stereocenters. The predicted octanol–water partition coefficient (Wildman–Crippen LogP) is 2.38. The van der Waals surface area contributed by atoms with Crippen molar-refractivity contribution in [3.63, 3.8) is 0 Å². The summed E-state index contributed by atoms with van der Waals surface area (Å²) in [6, 6.07) is 6.23. The van der Waals surface area contributed by atoms with E-state index in [1.165, 1.54) is 5.56 Å². The zero-order chi connectivity index (χ0) is 20.6. The standard InChI is InChI=1S/C22H29N5O3/c1-2-9-23-21(28)20-25-24-19-5-6-22(14-27(19)20)7-10-26(11-8-22)13-16-3-4-17-18(12-16)30-15-29-17/h3-4,12H,2,5-11,13-15H2,1H3,(H,23,28). The van der Waals surface area contributed by atoms with Gasteiger partial charge >= 0.3 is 0 Å². The van der Waals surface area contributed by atoms with E-state index >= 15 is 0 Å². The molecule has 30 heavy (non-hydrogen) atoms. The maximum absolute atomic E-state index is 12.5. The van der Waals surface area contributed by atoms with Gasteiger partial charge in [0, 0.05) is 26.1 Å². The lowest BCUT2D eigenvalue weighted by molar-refractivity contribution is 0.0618. The average Bonchev–Trinajstić information content (AvgIpc) is 3.40. The van der Waals surface area contributed by atoms with Crippen LogP contribution in [0.15, 0.2) is 18.2 Å². The third kappa shape index (κ3) is 3.64. The van der Waals surface area contributed by atoms with E-state index in [0.717, 1.165) is 75.6 Å². The highest BCUT2D eigenvalue weighted by Crippen LogP contribution is 2.41. The summed E-state index contributed by atoms with van der Waals surface area (Å²) >= 11 is 0. The van der Waals surface area contributed by atoms with E-state index in [9.17, 15) is 4.79 Å². The molecule has 3 aliphatic rings. The van der Waals surface area contributed by atoms with Crippen molar-refractivity contribution in [3.8, 4) is 11.5 Å². The third-order valence-electron chi connectivity index (χ3n) is 6.70. The monoisotopic (exact) mass is 411 g/mol. The number of nitrogens with zero attached hydrogens (tertiary/aromatic N) is 4. The largest absolute Gasteiger partial charge is 0.454 e. The van der Waals surface area contributed by atoms with Crippen LogP contribution in [-0.2, 0) is 19.5 Å². The molecule has 160 valence electrons. The molecule has 8 nitrogen and oxygen atoms in total. The van der Waals surface area contributed by atoms with Crippen LogP contribution in [0.25, 0.3) is 0 Å². The van der Waals surface area contributed by atoms with Crippen molar-refractivity contribution < 1.29 is 14.3 Å². The fraction of sp³-hybridized carbons (Fsp3) is 0.591. The first kappa shape index (κ1) is 19.4. The molecular formula is C22H29N5O3. The molecule has 1 aromatic heterocycles. The van der Waals surface area contributed by atoms with Crippen molar-refractivity contribution in [3.05, 3.63) is 35.4 Å². The van der Waals surface area contributed by atoms with E-state index in [2.05, 4.69) is 37.1 Å². The van der Waals surface area contributed by atoms with E-state index < -0.39 is 0 Å². The molecule has 1 aromatic carbocycles. The lowest BCUT2D eigenvalue weighted by Gasteiger charge is -2.44. The minimum atomic E-state index is -0.104. The number of carbonyl (C=O) groups is 1. The molecule has 1 spiro atoms. The highest BCUT2D eigenvalue weighted by atomic mass is 16.7. The van der Waals surface area contributed by atoms with Crippen LogP contribution in [0.5, 0.6) is 11.5 Å². The molecule has 0 radical (unpaired) electrons. The highest BCUT2D eigenvalue weighted by molar-refractivity contribution is 5.90. The molecule has 1 amide bonds. The number of amides is 1. The minimum absolute atomic E-state index is 0.104. The van der Waals surface area contributed by atoms with Gasteiger partial charge in [-0.05, 0) is 61.9 Å². The Morgan fingerprint density at radius 1 is 1.17 bits per heavy atom. The molecule has 1 saturated heterocycles. The Hall–Kier alpha value is -2.61. The zero-order valence-corrected chi connectivity index (χ0v) is 17.5. The normalized spacial score (nSPS) is 19.6. The van der Waals surface area contributed by atoms with Crippen molar-refractivity contribution >= 4 is 5.91 Å². The Labute approximate surface area is 176 Å². The first-order chi connectivity index (χ1) is 14.7. The van der Waals surface area contributed by atoms with Gasteiger partial charge in [-0.1, -0.05) is 13.0 Å². The van der Waals surface area contributed by atoms with Gasteiger partial charge in [-0.3, -0.25) is 9.69 Å². The van der Waals surface area contributed by atoms with Gasteiger partial charge in [0.1, 0.15) is 5.82 Å². The van der Waals surface area contributed by atoms with Crippen LogP contribution in [0.2, 0.25) is 0 Å². The molecule has 1 fully saturated rings. The molecule has 2 aromatic rings. The van der Waals surface area contributed by atoms with Crippen LogP contribution < -0.4 is 14.8 Å². The molecule has 0 saturated carbocycles. The Bertz CT molecular complexity index is 933. The Balaban J connectivity index is 1.22. The molecule has 0 bridgehead atoms. The number of fused-ring (bicyclic) bond motifs is 2. The number of benzene rings is 1. The number of aromatic nitrogens is 3. The summed E-state index contributed by atoms with van der Waals surface area (Å²) in [6.45, 7) is 6.92. The second kappa shape index (κ2) is 7.91. The van der Waals surface area contributed by atoms with E-state index in [4.69, 9.17) is 9.47 Å². The summed E-state index contributed by atoms with van der Waals surface area (Å²) in [6.07, 6.45) is 5.20. The first-order valence-electron chi connectivity index (χ1n) is 11.0. The number of carbonyl (C=O) groups excluding carboxylic acids is 1. The van der Waals surface area contributed by atoms with Gasteiger partial charge in [0.25, 0.3) is 5.91 Å². The third-order valence-corrected chi connectivity index (χ3v) is 6.70. The Morgan fingerprint density at radius 2 is 2.00 bits per heavy atom. The number of piperidine rings is 1. The van der Waals surface area contributed by atoms with Crippen LogP contribution in [0.1, 0.15) is 54.6 Å². The van der Waals surface area contributed by atoms with E-state index in [1.54, 1.807) is 0 Å². The molecule has 0 unspecified atom stereocenters. The summed E-state index contributed by atoms with van der Waals surface area (Å²) < 4.78 is 13.0. The number of hydrogen-bond acceptors (Lipinski definition) is 6. The summed E-state index contributed by atoms with van der Waals surface area (Å²) in [4.78, 5) is 15.0. The first-order valence-corrected chi connectivity index (χ1v) is 11.0. The molecule has 8 heteroatoms. The number of hydrogen-bond donors (Lipinski definition) is 1. The average molecular weight is 412 g/mol. The van der Waals surface area contributed by atoms with Crippen LogP contribution >= 0.6 is 0 Å². The number of likely N-dealkylation sites (tertiary alicyclic amines) is 1. The smallest absolute Gasteiger partial charge is 0.289 e. The summed E-state index contributed by atoms with van der Waals surface area (Å²) in [5.74, 6) is 3.00. The summed E-state index contributed by atoms with van der Waals surface area (Å²) in [5.41, 5.74) is 1.50. The summed E-state index contributed by atoms with van der Waals surface area (Å²) in [5, 5.41) is 11.4. The van der Waals surface area contributed by atoms with Crippen LogP contribution in [-0.4, -0.2) is 52.0 Å². The number of ether oxygens (including phenoxy) is 2. The molecule has 0 aliphatic carbocycles. The Kier molecular flexibility index (Phi) is 5.10. The van der Waals surface area contributed by atoms with Gasteiger partial charge < -0.3 is 19.4 Å². The van der Waals surface area contributed by atoms with Gasteiger partial charge in [0.2, 0.25) is 12.6 Å². The molecule has 5 rings (SSSR count). The van der Waals surface area contributed by atoms with Crippen molar-refractivity contribution in [2.24, 2.45) is 5.41 Å². The van der Waals surface area contributed by atoms with Crippen LogP contribution in [0.4, 0.5) is 0 Å². The second-order valence-corrected chi connectivity index (χ2v) is 8.75. The number of aryl methyl sites for hydroxylation is 1. The van der Waals surface area contributed by atoms with Crippen molar-refractivity contribution in [2.75, 3.05) is 26.4 Å². The quantitative estimate of drug-likeness (QED) is 0.814. The van der Waals surface area contributed by atoms with Crippen LogP contribution in [0.3, 0.4) is 0 Å². The predicted molar refractivity (Wildman–Crippen MR) is 110 cm³/mol. The van der Waals surface area contributed by atoms with Gasteiger partial charge in [0.05, 0.1) is 0 Å². The van der Waals surface area contributed by atoms with Crippen molar-refractivity contribution in [2.45, 2.75) is 52.1 Å². The maximum Gasteiger partial charge on any atom is 0.289 e. The zero-order valence-electron chi connectivity index (χ0n) is 17.5. The second-order valence-electron chi connectivity index (χ2n) is 8.75. The SMILES string of the molecule is CCCNC(=O)c1nnc2n1CC1(CC2)CCN(Cc2ccc3c(c2)OCO3)CC1. The molecule has 4 heterocycles. The Morgan fingerprint density at radius 3 is 2.83 bits per heavy atom. The minimum Gasteiger partial charge on any atom is -0.454 e. The van der Waals surface area contributed by atoms with Gasteiger partial charge in [-0.15, -0.1) is 10.2 Å². The van der Waals surface area contributed by atoms with Crippen LogP contribution in [0, 0.1) is 5.41 Å².